The molecule has 3 heteroatoms. The van der Waals surface area contributed by atoms with Crippen LogP contribution in [0.2, 0.25) is 0 Å². The molecule has 2 nitrogen and oxygen atoms in total. The van der Waals surface area contributed by atoms with E-state index < -0.39 is 12.6 Å². The SMILES string of the molecule is [O]COc1ccccc1F. The molecule has 1 rings (SSSR count). The molecule has 0 heterocycles. The number of ether oxygens (including phenoxy) is 1. The molecule has 0 atom stereocenters. The summed E-state index contributed by atoms with van der Waals surface area (Å²) in [5.41, 5.74) is 0. The Morgan fingerprint density at radius 3 is 2.70 bits per heavy atom. The minimum atomic E-state index is -0.749. The van der Waals surface area contributed by atoms with Crippen LogP contribution in [0.15, 0.2) is 24.3 Å². The Morgan fingerprint density at radius 1 is 1.40 bits per heavy atom. The summed E-state index contributed by atoms with van der Waals surface area (Å²) in [6.07, 6.45) is 0. The van der Waals surface area contributed by atoms with Crippen molar-refractivity contribution in [1.82, 2.24) is 0 Å². The summed E-state index contributed by atoms with van der Waals surface area (Å²) in [4.78, 5) is 0. The topological polar surface area (TPSA) is 29.1 Å². The first kappa shape index (κ1) is 7.02. The fraction of sp³-hybridized carbons (Fsp3) is 0.143. The van der Waals surface area contributed by atoms with Gasteiger partial charge in [0.15, 0.2) is 11.6 Å². The van der Waals surface area contributed by atoms with E-state index in [1.807, 2.05) is 0 Å². The van der Waals surface area contributed by atoms with Crippen LogP contribution in [0.3, 0.4) is 0 Å². The van der Waals surface area contributed by atoms with Crippen molar-refractivity contribution in [3.63, 3.8) is 0 Å². The summed E-state index contributed by atoms with van der Waals surface area (Å²) in [7, 11) is 0. The summed E-state index contributed by atoms with van der Waals surface area (Å²) in [6.45, 7) is -0.749. The summed E-state index contributed by atoms with van der Waals surface area (Å²) in [5.74, 6) is -0.490. The number of halogens is 1. The van der Waals surface area contributed by atoms with Gasteiger partial charge in [-0.1, -0.05) is 12.1 Å². The van der Waals surface area contributed by atoms with Crippen molar-refractivity contribution >= 4 is 0 Å². The minimum absolute atomic E-state index is 0.0116. The molecule has 53 valence electrons. The van der Waals surface area contributed by atoms with Gasteiger partial charge in [0.2, 0.25) is 6.79 Å². The lowest BCUT2D eigenvalue weighted by Gasteiger charge is -1.99. The molecule has 0 amide bonds. The van der Waals surface area contributed by atoms with Gasteiger partial charge in [-0.3, -0.25) is 0 Å². The highest BCUT2D eigenvalue weighted by atomic mass is 19.1. The van der Waals surface area contributed by atoms with E-state index in [0.717, 1.165) is 0 Å². The zero-order valence-electron chi connectivity index (χ0n) is 5.21. The molecule has 10 heavy (non-hydrogen) atoms. The highest BCUT2D eigenvalue weighted by molar-refractivity contribution is 5.23. The third-order valence-corrected chi connectivity index (χ3v) is 1.05. The van der Waals surface area contributed by atoms with E-state index in [2.05, 4.69) is 4.74 Å². The van der Waals surface area contributed by atoms with Crippen molar-refractivity contribution in [2.75, 3.05) is 6.79 Å². The lowest BCUT2D eigenvalue weighted by molar-refractivity contribution is 0.0348. The Balaban J connectivity index is 2.81. The normalized spacial score (nSPS) is 9.40. The van der Waals surface area contributed by atoms with E-state index in [9.17, 15) is 9.50 Å². The van der Waals surface area contributed by atoms with Crippen molar-refractivity contribution in [1.29, 1.82) is 0 Å². The van der Waals surface area contributed by atoms with Crippen LogP contribution in [0.5, 0.6) is 5.75 Å². The number of hydrogen-bond donors (Lipinski definition) is 0. The van der Waals surface area contributed by atoms with Crippen LogP contribution < -0.4 is 4.74 Å². The first-order valence-corrected chi connectivity index (χ1v) is 2.80. The molecule has 1 radical (unpaired) electrons. The van der Waals surface area contributed by atoms with Crippen LogP contribution in [0.4, 0.5) is 4.39 Å². The summed E-state index contributed by atoms with van der Waals surface area (Å²) < 4.78 is 16.9. The molecule has 0 aromatic heterocycles. The van der Waals surface area contributed by atoms with Crippen molar-refractivity contribution < 1.29 is 14.2 Å². The highest BCUT2D eigenvalue weighted by Gasteiger charge is 1.98. The van der Waals surface area contributed by atoms with Crippen LogP contribution in [0.25, 0.3) is 0 Å². The fourth-order valence-electron chi connectivity index (χ4n) is 0.625. The number of benzene rings is 1. The van der Waals surface area contributed by atoms with Gasteiger partial charge in [0.1, 0.15) is 0 Å². The van der Waals surface area contributed by atoms with Gasteiger partial charge in [-0.05, 0) is 12.1 Å². The van der Waals surface area contributed by atoms with Gasteiger partial charge in [-0.25, -0.2) is 4.39 Å². The Labute approximate surface area is 57.9 Å². The van der Waals surface area contributed by atoms with E-state index in [1.165, 1.54) is 18.2 Å². The maximum Gasteiger partial charge on any atom is 0.221 e. The molecule has 0 bridgehead atoms. The fourth-order valence-corrected chi connectivity index (χ4v) is 0.625. The van der Waals surface area contributed by atoms with E-state index in [4.69, 9.17) is 0 Å². The molecule has 0 fully saturated rings. The zero-order valence-corrected chi connectivity index (χ0v) is 5.21. The van der Waals surface area contributed by atoms with Gasteiger partial charge in [-0.15, -0.1) is 0 Å². The summed E-state index contributed by atoms with van der Waals surface area (Å²) >= 11 is 0. The molecule has 0 unspecified atom stereocenters. The monoisotopic (exact) mass is 141 g/mol. The molecule has 0 saturated carbocycles. The summed E-state index contributed by atoms with van der Waals surface area (Å²) in [5, 5.41) is 9.86. The van der Waals surface area contributed by atoms with E-state index >= 15 is 0 Å². The molecule has 0 aliphatic heterocycles. The lowest BCUT2D eigenvalue weighted by Crippen LogP contribution is -1.94. The number of hydrogen-bond acceptors (Lipinski definition) is 1. The predicted molar refractivity (Wildman–Crippen MR) is 32.6 cm³/mol. The van der Waals surface area contributed by atoms with Gasteiger partial charge in [-0.2, -0.15) is 5.11 Å². The molecular formula is C7H6FO2. The number of rotatable bonds is 2. The zero-order chi connectivity index (χ0) is 7.40. The van der Waals surface area contributed by atoms with Crippen molar-refractivity contribution in [2.45, 2.75) is 0 Å². The Kier molecular flexibility index (Phi) is 2.23. The van der Waals surface area contributed by atoms with Crippen molar-refractivity contribution in [3.05, 3.63) is 30.1 Å². The first-order chi connectivity index (χ1) is 4.84. The quantitative estimate of drug-likeness (QED) is 0.575. The van der Waals surface area contributed by atoms with Gasteiger partial charge in [0, 0.05) is 0 Å². The van der Waals surface area contributed by atoms with Crippen molar-refractivity contribution in [3.8, 4) is 5.75 Å². The van der Waals surface area contributed by atoms with E-state index in [0.29, 0.717) is 0 Å². The standard InChI is InChI=1S/C7H6FO2/c8-6-3-1-2-4-7(6)10-5-9/h1-4H,5H2. The maximum absolute atomic E-state index is 12.5. The maximum atomic E-state index is 12.5. The summed E-state index contributed by atoms with van der Waals surface area (Å²) in [6, 6.07) is 5.79. The second-order valence-electron chi connectivity index (χ2n) is 1.69. The van der Waals surface area contributed by atoms with Crippen LogP contribution in [-0.4, -0.2) is 6.79 Å². The van der Waals surface area contributed by atoms with Crippen LogP contribution in [0.1, 0.15) is 0 Å². The Hall–Kier alpha value is -1.09. The van der Waals surface area contributed by atoms with Crippen LogP contribution in [0, 0.1) is 5.82 Å². The van der Waals surface area contributed by atoms with Gasteiger partial charge in [0.25, 0.3) is 0 Å². The largest absolute Gasteiger partial charge is 0.462 e. The molecule has 0 aliphatic rings. The highest BCUT2D eigenvalue weighted by Crippen LogP contribution is 2.14. The van der Waals surface area contributed by atoms with Crippen molar-refractivity contribution in [2.24, 2.45) is 0 Å². The molecule has 0 spiro atoms. The van der Waals surface area contributed by atoms with E-state index in [-0.39, 0.29) is 5.75 Å². The molecule has 0 saturated heterocycles. The minimum Gasteiger partial charge on any atom is -0.462 e. The lowest BCUT2D eigenvalue weighted by atomic mass is 10.3. The molecule has 1 aromatic rings. The Bertz CT molecular complexity index is 213. The third-order valence-electron chi connectivity index (χ3n) is 1.05. The van der Waals surface area contributed by atoms with Gasteiger partial charge >= 0.3 is 0 Å². The molecule has 0 aliphatic carbocycles. The van der Waals surface area contributed by atoms with Gasteiger partial charge < -0.3 is 4.74 Å². The smallest absolute Gasteiger partial charge is 0.221 e. The molecular weight excluding hydrogens is 135 g/mol. The first-order valence-electron chi connectivity index (χ1n) is 2.80. The molecule has 1 aromatic carbocycles. The van der Waals surface area contributed by atoms with Crippen LogP contribution >= 0.6 is 0 Å². The number of para-hydroxylation sites is 1. The third kappa shape index (κ3) is 1.45. The second kappa shape index (κ2) is 3.17. The average molecular weight is 141 g/mol. The average Bonchev–Trinajstić information content (AvgIpc) is 1.94. The molecule has 0 N–H and O–H groups in total. The van der Waals surface area contributed by atoms with Gasteiger partial charge in [0.05, 0.1) is 0 Å². The van der Waals surface area contributed by atoms with Crippen LogP contribution in [-0.2, 0) is 5.11 Å². The predicted octanol–water partition coefficient (Wildman–Crippen LogP) is 1.59. The second-order valence-corrected chi connectivity index (χ2v) is 1.69. The van der Waals surface area contributed by atoms with E-state index in [1.54, 1.807) is 6.07 Å². The Morgan fingerprint density at radius 2 is 2.10 bits per heavy atom.